The summed E-state index contributed by atoms with van der Waals surface area (Å²) in [6.45, 7) is 1.72. The van der Waals surface area contributed by atoms with Gasteiger partial charge in [0.1, 0.15) is 0 Å². The molecule has 0 radical (unpaired) electrons. The predicted molar refractivity (Wildman–Crippen MR) is 90.5 cm³/mol. The van der Waals surface area contributed by atoms with Crippen LogP contribution < -0.4 is 5.73 Å². The normalized spacial score (nSPS) is 23.8. The SMILES string of the molecule is NC1CN(CN2C(=O)c3ccccc3C2=O)CC1c1ccccc1. The van der Waals surface area contributed by atoms with Crippen molar-refractivity contribution in [3.63, 3.8) is 0 Å². The molecule has 2 amide bonds. The lowest BCUT2D eigenvalue weighted by Gasteiger charge is -2.22. The van der Waals surface area contributed by atoms with Gasteiger partial charge in [-0.2, -0.15) is 0 Å². The van der Waals surface area contributed by atoms with E-state index in [1.165, 1.54) is 10.5 Å². The molecule has 0 spiro atoms. The summed E-state index contributed by atoms with van der Waals surface area (Å²) in [5.41, 5.74) is 8.49. The average Bonchev–Trinajstić information content (AvgIpc) is 3.09. The smallest absolute Gasteiger partial charge is 0.262 e. The molecular formula is C19H19N3O2. The first-order valence-electron chi connectivity index (χ1n) is 8.13. The summed E-state index contributed by atoms with van der Waals surface area (Å²) in [5.74, 6) is -0.207. The Morgan fingerprint density at radius 1 is 0.875 bits per heavy atom. The number of nitrogens with two attached hydrogens (primary N) is 1. The molecule has 122 valence electrons. The van der Waals surface area contributed by atoms with Crippen molar-refractivity contribution >= 4 is 11.8 Å². The Bertz CT molecular complexity index is 755. The van der Waals surface area contributed by atoms with Crippen molar-refractivity contribution in [2.45, 2.75) is 12.0 Å². The summed E-state index contributed by atoms with van der Waals surface area (Å²) >= 11 is 0. The lowest BCUT2D eigenvalue weighted by atomic mass is 9.95. The molecule has 2 aliphatic rings. The van der Waals surface area contributed by atoms with E-state index in [1.807, 2.05) is 18.2 Å². The molecule has 2 unspecified atom stereocenters. The number of benzene rings is 2. The van der Waals surface area contributed by atoms with Crippen molar-refractivity contribution in [3.05, 3.63) is 71.3 Å². The fourth-order valence-corrected chi connectivity index (χ4v) is 3.65. The number of carbonyl (C=O) groups is 2. The molecule has 2 aliphatic heterocycles. The number of imide groups is 1. The van der Waals surface area contributed by atoms with Crippen molar-refractivity contribution < 1.29 is 9.59 Å². The number of rotatable bonds is 3. The second kappa shape index (κ2) is 5.85. The molecule has 2 aromatic carbocycles. The van der Waals surface area contributed by atoms with E-state index in [2.05, 4.69) is 17.0 Å². The summed E-state index contributed by atoms with van der Waals surface area (Å²) < 4.78 is 0. The molecule has 5 heteroatoms. The van der Waals surface area contributed by atoms with Gasteiger partial charge in [-0.15, -0.1) is 0 Å². The van der Waals surface area contributed by atoms with Gasteiger partial charge in [-0.3, -0.25) is 19.4 Å². The maximum absolute atomic E-state index is 12.5. The van der Waals surface area contributed by atoms with Gasteiger partial charge in [-0.05, 0) is 17.7 Å². The highest BCUT2D eigenvalue weighted by atomic mass is 16.2. The minimum absolute atomic E-state index is 0.00239. The third kappa shape index (κ3) is 2.42. The van der Waals surface area contributed by atoms with Gasteiger partial charge in [-0.25, -0.2) is 0 Å². The van der Waals surface area contributed by atoms with Crippen LogP contribution >= 0.6 is 0 Å². The van der Waals surface area contributed by atoms with E-state index in [-0.39, 0.29) is 23.8 Å². The van der Waals surface area contributed by atoms with Gasteiger partial charge in [-0.1, -0.05) is 42.5 Å². The summed E-state index contributed by atoms with van der Waals surface area (Å²) in [6.07, 6.45) is 0. The Morgan fingerprint density at radius 2 is 1.46 bits per heavy atom. The third-order valence-corrected chi connectivity index (χ3v) is 4.89. The molecule has 2 heterocycles. The highest BCUT2D eigenvalue weighted by molar-refractivity contribution is 6.21. The fourth-order valence-electron chi connectivity index (χ4n) is 3.65. The molecule has 24 heavy (non-hydrogen) atoms. The highest BCUT2D eigenvalue weighted by Gasteiger charge is 2.39. The largest absolute Gasteiger partial charge is 0.326 e. The van der Waals surface area contributed by atoms with Crippen molar-refractivity contribution in [1.82, 2.24) is 9.80 Å². The van der Waals surface area contributed by atoms with E-state index in [0.717, 1.165) is 6.54 Å². The summed E-state index contributed by atoms with van der Waals surface area (Å²) in [6, 6.07) is 17.1. The van der Waals surface area contributed by atoms with Crippen LogP contribution in [0.25, 0.3) is 0 Å². The highest BCUT2D eigenvalue weighted by Crippen LogP contribution is 2.28. The van der Waals surface area contributed by atoms with Gasteiger partial charge in [0.15, 0.2) is 0 Å². The summed E-state index contributed by atoms with van der Waals surface area (Å²) in [5, 5.41) is 0. The van der Waals surface area contributed by atoms with Crippen LogP contribution in [-0.4, -0.2) is 47.4 Å². The summed E-state index contributed by atoms with van der Waals surface area (Å²) in [4.78, 5) is 28.4. The molecule has 0 saturated carbocycles. The lowest BCUT2D eigenvalue weighted by Crippen LogP contribution is -2.41. The Balaban J connectivity index is 1.50. The Kier molecular flexibility index (Phi) is 3.67. The Labute approximate surface area is 140 Å². The van der Waals surface area contributed by atoms with Crippen molar-refractivity contribution in [2.24, 2.45) is 5.73 Å². The number of likely N-dealkylation sites (tertiary alicyclic amines) is 1. The number of hydrogen-bond acceptors (Lipinski definition) is 4. The van der Waals surface area contributed by atoms with E-state index in [4.69, 9.17) is 5.73 Å². The summed E-state index contributed by atoms with van der Waals surface area (Å²) in [7, 11) is 0. The number of nitrogens with zero attached hydrogens (tertiary/aromatic N) is 2. The minimum Gasteiger partial charge on any atom is -0.326 e. The second-order valence-electron chi connectivity index (χ2n) is 6.44. The minimum atomic E-state index is -0.215. The second-order valence-corrected chi connectivity index (χ2v) is 6.44. The average molecular weight is 321 g/mol. The molecular weight excluding hydrogens is 302 g/mol. The van der Waals surface area contributed by atoms with Crippen LogP contribution in [0.2, 0.25) is 0 Å². The van der Waals surface area contributed by atoms with Gasteiger partial charge >= 0.3 is 0 Å². The Hall–Kier alpha value is -2.50. The molecule has 0 bridgehead atoms. The van der Waals surface area contributed by atoms with Gasteiger partial charge in [0.25, 0.3) is 11.8 Å². The molecule has 5 nitrogen and oxygen atoms in total. The molecule has 2 aromatic rings. The van der Waals surface area contributed by atoms with E-state index in [0.29, 0.717) is 24.3 Å². The number of fused-ring (bicyclic) bond motifs is 1. The maximum Gasteiger partial charge on any atom is 0.262 e. The van der Waals surface area contributed by atoms with E-state index >= 15 is 0 Å². The van der Waals surface area contributed by atoms with Crippen LogP contribution in [0, 0.1) is 0 Å². The molecule has 1 fully saturated rings. The van der Waals surface area contributed by atoms with E-state index in [9.17, 15) is 9.59 Å². The predicted octanol–water partition coefficient (Wildman–Crippen LogP) is 1.67. The number of amides is 2. The van der Waals surface area contributed by atoms with Crippen LogP contribution in [0.4, 0.5) is 0 Å². The van der Waals surface area contributed by atoms with Crippen LogP contribution in [0.5, 0.6) is 0 Å². The van der Waals surface area contributed by atoms with E-state index < -0.39 is 0 Å². The van der Waals surface area contributed by atoms with Gasteiger partial charge < -0.3 is 5.73 Å². The molecule has 1 saturated heterocycles. The molecule has 0 aliphatic carbocycles. The third-order valence-electron chi connectivity index (χ3n) is 4.89. The van der Waals surface area contributed by atoms with Crippen LogP contribution in [0.15, 0.2) is 54.6 Å². The van der Waals surface area contributed by atoms with Crippen LogP contribution in [0.1, 0.15) is 32.2 Å². The number of carbonyl (C=O) groups excluding carboxylic acids is 2. The van der Waals surface area contributed by atoms with Crippen molar-refractivity contribution in [1.29, 1.82) is 0 Å². The van der Waals surface area contributed by atoms with E-state index in [1.54, 1.807) is 24.3 Å². The van der Waals surface area contributed by atoms with Gasteiger partial charge in [0, 0.05) is 25.0 Å². The van der Waals surface area contributed by atoms with Gasteiger partial charge in [0.2, 0.25) is 0 Å². The molecule has 0 aromatic heterocycles. The first-order valence-corrected chi connectivity index (χ1v) is 8.13. The molecule has 2 N–H and O–H groups in total. The van der Waals surface area contributed by atoms with Gasteiger partial charge in [0.05, 0.1) is 17.8 Å². The standard InChI is InChI=1S/C19H19N3O2/c20-17-11-21(10-16(17)13-6-2-1-3-7-13)12-22-18(23)14-8-4-5-9-15(14)19(22)24/h1-9,16-17H,10-12,20H2. The maximum atomic E-state index is 12.5. The fraction of sp³-hybridized carbons (Fsp3) is 0.263. The van der Waals surface area contributed by atoms with Crippen LogP contribution in [0.3, 0.4) is 0 Å². The monoisotopic (exact) mass is 321 g/mol. The first kappa shape index (κ1) is 15.1. The first-order chi connectivity index (χ1) is 11.6. The Morgan fingerprint density at radius 3 is 2.08 bits per heavy atom. The van der Waals surface area contributed by atoms with Crippen molar-refractivity contribution in [3.8, 4) is 0 Å². The zero-order valence-corrected chi connectivity index (χ0v) is 13.3. The van der Waals surface area contributed by atoms with Crippen LogP contribution in [-0.2, 0) is 0 Å². The quantitative estimate of drug-likeness (QED) is 0.873. The molecule has 4 rings (SSSR count). The lowest BCUT2D eigenvalue weighted by molar-refractivity contribution is 0.0562. The topological polar surface area (TPSA) is 66.6 Å². The molecule has 2 atom stereocenters. The number of hydrogen-bond donors (Lipinski definition) is 1. The zero-order chi connectivity index (χ0) is 16.7. The zero-order valence-electron chi connectivity index (χ0n) is 13.3. The van der Waals surface area contributed by atoms with Crippen molar-refractivity contribution in [2.75, 3.05) is 19.8 Å².